The first-order valence-corrected chi connectivity index (χ1v) is 11.4. The number of aryl methyl sites for hydroxylation is 4. The fourth-order valence-corrected chi connectivity index (χ4v) is 4.87. The molecule has 1 aliphatic rings. The van der Waals surface area contributed by atoms with Gasteiger partial charge in [-0.3, -0.25) is 0 Å². The van der Waals surface area contributed by atoms with Crippen molar-refractivity contribution in [2.45, 2.75) is 53.9 Å². The Labute approximate surface area is 191 Å². The van der Waals surface area contributed by atoms with Gasteiger partial charge in [0.25, 0.3) is 0 Å². The zero-order valence-corrected chi connectivity index (χ0v) is 20.1. The molecule has 4 aromatic rings. The van der Waals surface area contributed by atoms with Crippen LogP contribution in [0.15, 0.2) is 60.7 Å². The molecule has 0 bridgehead atoms. The van der Waals surface area contributed by atoms with E-state index in [0.29, 0.717) is 0 Å². The molecule has 0 aromatic heterocycles. The second-order valence-electron chi connectivity index (χ2n) is 10.2. The Morgan fingerprint density at radius 3 is 2.09 bits per heavy atom. The Balaban J connectivity index is 1.83. The van der Waals surface area contributed by atoms with Crippen molar-refractivity contribution in [3.8, 4) is 11.5 Å². The van der Waals surface area contributed by atoms with E-state index in [0.717, 1.165) is 28.3 Å². The molecule has 0 amide bonds. The smallest absolute Gasteiger partial charge is 0.159 e. The summed E-state index contributed by atoms with van der Waals surface area (Å²) in [4.78, 5) is 2.40. The molecular formula is C30H31NO. The van der Waals surface area contributed by atoms with Crippen LogP contribution in [0.5, 0.6) is 11.5 Å². The molecule has 2 nitrogen and oxygen atoms in total. The molecular weight excluding hydrogens is 390 g/mol. The lowest BCUT2D eigenvalue weighted by molar-refractivity contribution is 0.482. The van der Waals surface area contributed by atoms with Crippen molar-refractivity contribution in [1.82, 2.24) is 0 Å². The predicted molar refractivity (Wildman–Crippen MR) is 136 cm³/mol. The van der Waals surface area contributed by atoms with Crippen molar-refractivity contribution in [2.24, 2.45) is 0 Å². The van der Waals surface area contributed by atoms with Crippen molar-refractivity contribution >= 4 is 27.8 Å². The molecule has 0 fully saturated rings. The summed E-state index contributed by atoms with van der Waals surface area (Å²) in [5, 5.41) is 2.39. The molecule has 1 heterocycles. The predicted octanol–water partition coefficient (Wildman–Crippen LogP) is 8.95. The van der Waals surface area contributed by atoms with E-state index in [1.807, 2.05) is 0 Å². The highest BCUT2D eigenvalue weighted by Gasteiger charge is 2.30. The number of hydrogen-bond acceptors (Lipinski definition) is 2. The quantitative estimate of drug-likeness (QED) is 0.268. The normalized spacial score (nSPS) is 13.0. The Morgan fingerprint density at radius 2 is 1.41 bits per heavy atom. The summed E-state index contributed by atoms with van der Waals surface area (Å²) in [5.74, 6) is 1.83. The Hall–Kier alpha value is -3.26. The van der Waals surface area contributed by atoms with Crippen molar-refractivity contribution < 1.29 is 4.74 Å². The van der Waals surface area contributed by atoms with E-state index in [4.69, 9.17) is 4.74 Å². The summed E-state index contributed by atoms with van der Waals surface area (Å²) < 4.78 is 6.57. The highest BCUT2D eigenvalue weighted by atomic mass is 16.5. The molecule has 0 saturated heterocycles. The number of hydrogen-bond donors (Lipinski definition) is 0. The molecule has 4 aromatic carbocycles. The second-order valence-corrected chi connectivity index (χ2v) is 10.2. The molecule has 0 unspecified atom stereocenters. The van der Waals surface area contributed by atoms with E-state index in [2.05, 4.69) is 114 Å². The maximum absolute atomic E-state index is 6.57. The van der Waals surface area contributed by atoms with Crippen LogP contribution in [0, 0.1) is 27.7 Å². The number of benzene rings is 4. The lowest BCUT2D eigenvalue weighted by Crippen LogP contribution is -2.19. The molecule has 0 atom stereocenters. The number of rotatable bonds is 1. The van der Waals surface area contributed by atoms with E-state index < -0.39 is 0 Å². The van der Waals surface area contributed by atoms with Gasteiger partial charge in [-0.1, -0.05) is 63.2 Å². The number of nitrogens with zero attached hydrogens (tertiary/aromatic N) is 1. The van der Waals surface area contributed by atoms with Gasteiger partial charge in [0.05, 0.1) is 17.1 Å². The van der Waals surface area contributed by atoms with Crippen LogP contribution in [-0.2, 0) is 5.41 Å². The monoisotopic (exact) mass is 421 g/mol. The van der Waals surface area contributed by atoms with Crippen LogP contribution in [0.2, 0.25) is 0 Å². The van der Waals surface area contributed by atoms with Crippen LogP contribution in [0.3, 0.4) is 0 Å². The molecule has 32 heavy (non-hydrogen) atoms. The van der Waals surface area contributed by atoms with Gasteiger partial charge in [-0.15, -0.1) is 0 Å². The number of anilines is 3. The van der Waals surface area contributed by atoms with Gasteiger partial charge >= 0.3 is 0 Å². The highest BCUT2D eigenvalue weighted by Crippen LogP contribution is 2.54. The maximum atomic E-state index is 6.57. The Bertz CT molecular complexity index is 1350. The lowest BCUT2D eigenvalue weighted by Gasteiger charge is -2.36. The summed E-state index contributed by atoms with van der Waals surface area (Å²) in [5.41, 5.74) is 9.94. The van der Waals surface area contributed by atoms with Gasteiger partial charge in [0.2, 0.25) is 0 Å². The van der Waals surface area contributed by atoms with Crippen LogP contribution < -0.4 is 9.64 Å². The number of ether oxygens (including phenoxy) is 1. The van der Waals surface area contributed by atoms with Crippen molar-refractivity contribution in [3.63, 3.8) is 0 Å². The van der Waals surface area contributed by atoms with E-state index in [9.17, 15) is 0 Å². The zero-order valence-electron chi connectivity index (χ0n) is 20.1. The summed E-state index contributed by atoms with van der Waals surface area (Å²) >= 11 is 0. The van der Waals surface area contributed by atoms with Crippen molar-refractivity contribution in [2.75, 3.05) is 4.90 Å². The lowest BCUT2D eigenvalue weighted by atomic mass is 9.84. The first kappa shape index (κ1) is 20.6. The van der Waals surface area contributed by atoms with Gasteiger partial charge in [0, 0.05) is 5.39 Å². The summed E-state index contributed by atoms with van der Waals surface area (Å²) in [6.07, 6.45) is 0. The van der Waals surface area contributed by atoms with Crippen LogP contribution in [0.1, 0.15) is 48.6 Å². The van der Waals surface area contributed by atoms with E-state index in [1.165, 1.54) is 38.9 Å². The molecule has 0 aliphatic carbocycles. The average Bonchev–Trinajstić information content (AvgIpc) is 2.72. The van der Waals surface area contributed by atoms with Crippen LogP contribution in [-0.4, -0.2) is 0 Å². The van der Waals surface area contributed by atoms with Crippen LogP contribution in [0.4, 0.5) is 17.1 Å². The van der Waals surface area contributed by atoms with E-state index in [1.54, 1.807) is 0 Å². The van der Waals surface area contributed by atoms with Gasteiger partial charge in [-0.25, -0.2) is 0 Å². The van der Waals surface area contributed by atoms with Gasteiger partial charge in [-0.2, -0.15) is 0 Å². The van der Waals surface area contributed by atoms with Gasteiger partial charge in [0.1, 0.15) is 0 Å². The Kier molecular flexibility index (Phi) is 4.60. The molecule has 2 heteroatoms. The molecule has 0 N–H and O–H groups in total. The minimum absolute atomic E-state index is 0.110. The molecule has 0 radical (unpaired) electrons. The molecule has 0 saturated carbocycles. The number of fused-ring (bicyclic) bond motifs is 4. The van der Waals surface area contributed by atoms with Gasteiger partial charge in [-0.05, 0) is 84.5 Å². The van der Waals surface area contributed by atoms with Gasteiger partial charge in [0.15, 0.2) is 11.5 Å². The zero-order chi connectivity index (χ0) is 22.8. The fourth-order valence-electron chi connectivity index (χ4n) is 4.87. The third-order valence-electron chi connectivity index (χ3n) is 6.60. The molecule has 1 aliphatic heterocycles. The molecule has 162 valence electrons. The second kappa shape index (κ2) is 7.13. The third-order valence-corrected chi connectivity index (χ3v) is 6.60. The largest absolute Gasteiger partial charge is 0.452 e. The highest BCUT2D eigenvalue weighted by molar-refractivity contribution is 6.01. The van der Waals surface area contributed by atoms with Crippen molar-refractivity contribution in [1.29, 1.82) is 0 Å². The average molecular weight is 422 g/mol. The third kappa shape index (κ3) is 3.17. The SMILES string of the molecule is Cc1ccc2c(c1)N(c1c(C)cc(C(C)(C)C)cc1C)c1ccc3c(C)cccc3c1O2. The van der Waals surface area contributed by atoms with E-state index in [-0.39, 0.29) is 5.41 Å². The standard InChI is InChI=1S/C30H31NO/c1-18-11-14-27-26(15-18)31(28-20(3)16-22(17-21(28)4)30(5,6)7)25-13-12-23-19(2)9-8-10-24(23)29(25)32-27/h8-17H,1-7H3. The first-order chi connectivity index (χ1) is 15.1. The topological polar surface area (TPSA) is 12.5 Å². The van der Waals surface area contributed by atoms with Crippen LogP contribution in [0.25, 0.3) is 10.8 Å². The Morgan fingerprint density at radius 1 is 0.688 bits per heavy atom. The summed E-state index contributed by atoms with van der Waals surface area (Å²) in [6.45, 7) is 15.6. The molecule has 0 spiro atoms. The summed E-state index contributed by atoms with van der Waals surface area (Å²) in [7, 11) is 0. The summed E-state index contributed by atoms with van der Waals surface area (Å²) in [6, 6.07) is 22.0. The minimum atomic E-state index is 0.110. The van der Waals surface area contributed by atoms with Crippen LogP contribution >= 0.6 is 0 Å². The molecule has 5 rings (SSSR count). The van der Waals surface area contributed by atoms with E-state index >= 15 is 0 Å². The fraction of sp³-hybridized carbons (Fsp3) is 0.267. The maximum Gasteiger partial charge on any atom is 0.159 e. The first-order valence-electron chi connectivity index (χ1n) is 11.4. The van der Waals surface area contributed by atoms with Gasteiger partial charge < -0.3 is 9.64 Å². The minimum Gasteiger partial charge on any atom is -0.452 e. The van der Waals surface area contributed by atoms with Crippen molar-refractivity contribution in [3.05, 3.63) is 88.5 Å².